The Hall–Kier alpha value is -5.88. The first-order chi connectivity index (χ1) is 26.0. The second-order valence-corrected chi connectivity index (χ2v) is 15.9. The van der Waals surface area contributed by atoms with Gasteiger partial charge in [-0.1, -0.05) is 112 Å². The number of rotatable bonds is 9. The van der Waals surface area contributed by atoms with Crippen molar-refractivity contribution in [3.8, 4) is 33.8 Å². The Morgan fingerprint density at radius 3 is 0.926 bits per heavy atom. The fourth-order valence-electron chi connectivity index (χ4n) is 8.26. The quantitative estimate of drug-likeness (QED) is 0.140. The van der Waals surface area contributed by atoms with Crippen LogP contribution >= 0.6 is 0 Å². The van der Waals surface area contributed by atoms with Gasteiger partial charge in [-0.2, -0.15) is 0 Å². The molecule has 6 heteroatoms. The number of nitrogens with zero attached hydrogens (tertiary/aromatic N) is 6. The van der Waals surface area contributed by atoms with Crippen LogP contribution in [0.2, 0.25) is 0 Å². The third kappa shape index (κ3) is 8.50. The molecule has 0 aliphatic heterocycles. The van der Waals surface area contributed by atoms with Crippen LogP contribution in [0.5, 0.6) is 0 Å². The maximum absolute atomic E-state index is 5.11. The lowest BCUT2D eigenvalue weighted by Crippen LogP contribution is -2.44. The largest absolute Gasteiger partial charge is 0.259 e. The third-order valence-electron chi connectivity index (χ3n) is 10.4. The minimum atomic E-state index is -0.251. The second kappa shape index (κ2) is 15.2. The van der Waals surface area contributed by atoms with Gasteiger partial charge in [-0.05, 0) is 74.9 Å². The normalized spacial score (nSPS) is 21.7. The molecular formula is C48H48N6. The Kier molecular flexibility index (Phi) is 10.3. The predicted molar refractivity (Wildman–Crippen MR) is 226 cm³/mol. The van der Waals surface area contributed by atoms with Crippen molar-refractivity contribution < 1.29 is 0 Å². The molecule has 0 spiro atoms. The number of aryl methyl sites for hydroxylation is 3. The molecule has 0 amide bonds. The van der Waals surface area contributed by atoms with Gasteiger partial charge in [0.05, 0.1) is 52.7 Å². The van der Waals surface area contributed by atoms with Crippen molar-refractivity contribution in [1.29, 1.82) is 0 Å². The first-order valence-electron chi connectivity index (χ1n) is 18.7. The van der Waals surface area contributed by atoms with E-state index < -0.39 is 0 Å². The fraction of sp³-hybridized carbons (Fsp3) is 0.250. The van der Waals surface area contributed by atoms with E-state index in [0.717, 1.165) is 86.8 Å². The predicted octanol–water partition coefficient (Wildman–Crippen LogP) is 12.5. The molecule has 3 aromatic carbocycles. The summed E-state index contributed by atoms with van der Waals surface area (Å²) < 4.78 is 0. The maximum atomic E-state index is 5.11. The standard InChI is InChI=1S/C48H48N6/c1-34-22-40(37-16-10-7-11-17-37)49-25-43(34)52-31-46(4)28-47(5,32-53-44-26-50-41(23-35(44)2)38-18-12-8-13-19-38)30-48(6,29-46)33-54-45-27-51-42(24-36(45)3)39-20-14-9-15-21-39/h7-27,31-33H,28-30H2,1-6H3/b52-31-,53-32-,54-33-. The van der Waals surface area contributed by atoms with Crippen molar-refractivity contribution in [3.05, 3.63) is 144 Å². The Balaban J connectivity index is 1.19. The zero-order valence-electron chi connectivity index (χ0n) is 32.2. The molecule has 54 heavy (non-hydrogen) atoms. The van der Waals surface area contributed by atoms with Gasteiger partial charge in [-0.3, -0.25) is 29.9 Å². The van der Waals surface area contributed by atoms with Gasteiger partial charge in [-0.25, -0.2) is 0 Å². The first kappa shape index (κ1) is 36.5. The summed E-state index contributed by atoms with van der Waals surface area (Å²) in [7, 11) is 0. The highest BCUT2D eigenvalue weighted by atomic mass is 14.8. The summed E-state index contributed by atoms with van der Waals surface area (Å²) in [6, 6.07) is 37.2. The van der Waals surface area contributed by atoms with Crippen LogP contribution in [-0.2, 0) is 0 Å². The average molecular weight is 709 g/mol. The second-order valence-electron chi connectivity index (χ2n) is 15.9. The van der Waals surface area contributed by atoms with E-state index in [0.29, 0.717) is 0 Å². The van der Waals surface area contributed by atoms with Crippen LogP contribution in [0.4, 0.5) is 17.1 Å². The molecule has 6 aromatic rings. The van der Waals surface area contributed by atoms with Crippen LogP contribution in [-0.4, -0.2) is 33.6 Å². The summed E-state index contributed by atoms with van der Waals surface area (Å²) in [6.45, 7) is 13.3. The molecule has 1 aliphatic rings. The van der Waals surface area contributed by atoms with Gasteiger partial charge in [0.25, 0.3) is 0 Å². The van der Waals surface area contributed by atoms with Gasteiger partial charge in [0.2, 0.25) is 0 Å². The van der Waals surface area contributed by atoms with Gasteiger partial charge in [0.15, 0.2) is 0 Å². The van der Waals surface area contributed by atoms with Gasteiger partial charge < -0.3 is 0 Å². The van der Waals surface area contributed by atoms with E-state index in [1.807, 2.05) is 73.2 Å². The topological polar surface area (TPSA) is 75.8 Å². The van der Waals surface area contributed by atoms with Gasteiger partial charge in [0.1, 0.15) is 0 Å². The van der Waals surface area contributed by atoms with E-state index in [9.17, 15) is 0 Å². The van der Waals surface area contributed by atoms with E-state index >= 15 is 0 Å². The Bertz CT molecular complexity index is 2060. The third-order valence-corrected chi connectivity index (χ3v) is 10.4. The van der Waals surface area contributed by atoms with Crippen LogP contribution in [0.3, 0.4) is 0 Å². The maximum Gasteiger partial charge on any atom is 0.0838 e. The van der Waals surface area contributed by atoms with E-state index in [4.69, 9.17) is 29.9 Å². The zero-order chi connectivity index (χ0) is 37.8. The van der Waals surface area contributed by atoms with Crippen LogP contribution in [0.15, 0.2) is 143 Å². The molecular weight excluding hydrogens is 661 g/mol. The minimum Gasteiger partial charge on any atom is -0.259 e. The molecule has 3 heterocycles. The Morgan fingerprint density at radius 1 is 0.426 bits per heavy atom. The van der Waals surface area contributed by atoms with Gasteiger partial charge in [-0.15, -0.1) is 0 Å². The van der Waals surface area contributed by atoms with Crippen molar-refractivity contribution in [3.63, 3.8) is 0 Å². The molecule has 1 aliphatic carbocycles. The molecule has 0 N–H and O–H groups in total. The average Bonchev–Trinajstić information content (AvgIpc) is 3.17. The minimum absolute atomic E-state index is 0.251. The molecule has 0 saturated heterocycles. The van der Waals surface area contributed by atoms with Crippen molar-refractivity contribution in [2.75, 3.05) is 0 Å². The van der Waals surface area contributed by atoms with Crippen molar-refractivity contribution in [2.24, 2.45) is 31.2 Å². The van der Waals surface area contributed by atoms with Crippen LogP contribution in [0, 0.1) is 37.0 Å². The molecule has 1 saturated carbocycles. The lowest BCUT2D eigenvalue weighted by atomic mass is 9.55. The molecule has 0 atom stereocenters. The zero-order valence-corrected chi connectivity index (χ0v) is 32.2. The van der Waals surface area contributed by atoms with Crippen molar-refractivity contribution >= 4 is 35.7 Å². The van der Waals surface area contributed by atoms with Crippen molar-refractivity contribution in [1.82, 2.24) is 15.0 Å². The molecule has 270 valence electrons. The molecule has 6 nitrogen and oxygen atoms in total. The summed E-state index contributed by atoms with van der Waals surface area (Å²) >= 11 is 0. The first-order valence-corrected chi connectivity index (χ1v) is 18.7. The van der Waals surface area contributed by atoms with Crippen LogP contribution < -0.4 is 0 Å². The number of aromatic nitrogens is 3. The Morgan fingerprint density at radius 2 is 0.685 bits per heavy atom. The number of pyridine rings is 3. The lowest BCUT2D eigenvalue weighted by molar-refractivity contribution is 0.121. The number of hydrogen-bond donors (Lipinski definition) is 0. The van der Waals surface area contributed by atoms with Gasteiger partial charge >= 0.3 is 0 Å². The Labute approximate surface area is 320 Å². The van der Waals surface area contributed by atoms with Crippen LogP contribution in [0.1, 0.15) is 56.7 Å². The molecule has 0 bridgehead atoms. The van der Waals surface area contributed by atoms with Gasteiger partial charge in [0, 0.05) is 51.6 Å². The number of hydrogen-bond acceptors (Lipinski definition) is 6. The summed E-state index contributed by atoms with van der Waals surface area (Å²) in [5.41, 5.74) is 11.3. The number of benzene rings is 3. The van der Waals surface area contributed by atoms with E-state index in [1.165, 1.54) is 0 Å². The SMILES string of the molecule is Cc1cc(-c2ccccc2)ncc1/N=C\C1(C)CC(C)(/C=N\c2cnc(-c3ccccc3)cc2C)CC(C)(/C=N\c2cnc(-c3ccccc3)cc2C)C1. The summed E-state index contributed by atoms with van der Waals surface area (Å²) in [5, 5.41) is 0. The number of aliphatic imine (C=N–C) groups is 3. The summed E-state index contributed by atoms with van der Waals surface area (Å²) in [6.07, 6.45) is 14.8. The smallest absolute Gasteiger partial charge is 0.0838 e. The fourth-order valence-corrected chi connectivity index (χ4v) is 8.26. The van der Waals surface area contributed by atoms with Crippen LogP contribution in [0.25, 0.3) is 33.8 Å². The molecule has 3 aromatic heterocycles. The van der Waals surface area contributed by atoms with Crippen molar-refractivity contribution in [2.45, 2.75) is 60.8 Å². The highest BCUT2D eigenvalue weighted by Gasteiger charge is 2.47. The van der Waals surface area contributed by atoms with E-state index in [1.54, 1.807) is 0 Å². The summed E-state index contributed by atoms with van der Waals surface area (Å²) in [5.74, 6) is 0. The molecule has 0 radical (unpaired) electrons. The van der Waals surface area contributed by atoms with E-state index in [-0.39, 0.29) is 16.2 Å². The van der Waals surface area contributed by atoms with E-state index in [2.05, 4.69) is 115 Å². The highest BCUT2D eigenvalue weighted by Crippen LogP contribution is 2.53. The molecule has 0 unspecified atom stereocenters. The summed E-state index contributed by atoms with van der Waals surface area (Å²) in [4.78, 5) is 29.7. The molecule has 1 fully saturated rings. The monoisotopic (exact) mass is 708 g/mol. The molecule has 7 rings (SSSR count). The highest BCUT2D eigenvalue weighted by molar-refractivity contribution is 5.80. The lowest BCUT2D eigenvalue weighted by Gasteiger charge is -2.49.